The molecule has 0 saturated carbocycles. The third kappa shape index (κ3) is 4.05. The van der Waals surface area contributed by atoms with Crippen molar-refractivity contribution >= 4 is 5.69 Å². The van der Waals surface area contributed by atoms with E-state index in [4.69, 9.17) is 10.00 Å². The lowest BCUT2D eigenvalue weighted by atomic mass is 10.1. The minimum Gasteiger partial charge on any atom is -0.493 e. The average molecular weight is 282 g/mol. The number of ether oxygens (including phenoxy) is 1. The molecule has 0 aromatic heterocycles. The van der Waals surface area contributed by atoms with Crippen molar-refractivity contribution in [2.45, 2.75) is 12.8 Å². The van der Waals surface area contributed by atoms with Crippen LogP contribution in [0.15, 0.2) is 48.5 Å². The Bertz CT molecular complexity index is 660. The summed E-state index contributed by atoms with van der Waals surface area (Å²) >= 11 is 0. The Morgan fingerprint density at radius 1 is 1.14 bits per heavy atom. The Balaban J connectivity index is 1.93. The van der Waals surface area contributed by atoms with Crippen molar-refractivity contribution in [2.24, 2.45) is 0 Å². The van der Waals surface area contributed by atoms with Gasteiger partial charge in [0.2, 0.25) is 0 Å². The number of benzene rings is 2. The molecule has 5 heteroatoms. The molecule has 2 rings (SSSR count). The molecule has 0 aliphatic heterocycles. The molecule has 21 heavy (non-hydrogen) atoms. The second-order valence-electron chi connectivity index (χ2n) is 4.46. The first kappa shape index (κ1) is 14.5. The first-order valence-electron chi connectivity index (χ1n) is 6.51. The molecule has 106 valence electrons. The molecule has 0 atom stereocenters. The standard InChI is InChI=1S/C16H14N2O3/c17-11-9-13-5-7-15(8-6-13)21-12-10-14-3-1-2-4-16(14)18(19)20/h1-8H,9-10,12H2. The molecular formula is C16H14N2O3. The molecule has 0 saturated heterocycles. The third-order valence-electron chi connectivity index (χ3n) is 3.03. The number of nitro benzene ring substituents is 1. The molecule has 0 aliphatic rings. The number of para-hydroxylation sites is 1. The van der Waals surface area contributed by atoms with Crippen molar-refractivity contribution in [3.05, 3.63) is 69.8 Å². The molecule has 0 amide bonds. The number of nitro groups is 1. The molecular weight excluding hydrogens is 268 g/mol. The van der Waals surface area contributed by atoms with E-state index < -0.39 is 0 Å². The lowest BCUT2D eigenvalue weighted by molar-refractivity contribution is -0.385. The van der Waals surface area contributed by atoms with Crippen molar-refractivity contribution in [3.8, 4) is 11.8 Å². The van der Waals surface area contributed by atoms with Crippen molar-refractivity contribution < 1.29 is 9.66 Å². The maximum atomic E-state index is 10.9. The van der Waals surface area contributed by atoms with Crippen LogP contribution in [0, 0.1) is 21.4 Å². The summed E-state index contributed by atoms with van der Waals surface area (Å²) in [4.78, 5) is 10.5. The second kappa shape index (κ2) is 7.06. The minimum atomic E-state index is -0.383. The van der Waals surface area contributed by atoms with Gasteiger partial charge in [-0.3, -0.25) is 10.1 Å². The van der Waals surface area contributed by atoms with Gasteiger partial charge in [0.25, 0.3) is 5.69 Å². The predicted molar refractivity (Wildman–Crippen MR) is 78.1 cm³/mol. The van der Waals surface area contributed by atoms with E-state index in [9.17, 15) is 10.1 Å². The van der Waals surface area contributed by atoms with E-state index in [0.29, 0.717) is 30.8 Å². The van der Waals surface area contributed by atoms with E-state index in [2.05, 4.69) is 6.07 Å². The SMILES string of the molecule is N#CCc1ccc(OCCc2ccccc2[N+](=O)[O-])cc1. The highest BCUT2D eigenvalue weighted by Crippen LogP contribution is 2.19. The molecule has 0 heterocycles. The Morgan fingerprint density at radius 3 is 2.52 bits per heavy atom. The van der Waals surface area contributed by atoms with E-state index in [1.54, 1.807) is 30.3 Å². The van der Waals surface area contributed by atoms with Crippen LogP contribution < -0.4 is 4.74 Å². The molecule has 2 aromatic carbocycles. The van der Waals surface area contributed by atoms with Gasteiger partial charge >= 0.3 is 0 Å². The number of hydrogen-bond donors (Lipinski definition) is 0. The average Bonchev–Trinajstić information content (AvgIpc) is 2.50. The summed E-state index contributed by atoms with van der Waals surface area (Å²) < 4.78 is 5.57. The zero-order valence-corrected chi connectivity index (χ0v) is 11.4. The quantitative estimate of drug-likeness (QED) is 0.601. The van der Waals surface area contributed by atoms with Crippen LogP contribution in [0.3, 0.4) is 0 Å². The zero-order chi connectivity index (χ0) is 15.1. The van der Waals surface area contributed by atoms with Crippen LogP contribution in [0.2, 0.25) is 0 Å². The summed E-state index contributed by atoms with van der Waals surface area (Å²) in [5.41, 5.74) is 1.71. The lowest BCUT2D eigenvalue weighted by Crippen LogP contribution is -2.04. The second-order valence-corrected chi connectivity index (χ2v) is 4.46. The van der Waals surface area contributed by atoms with Gasteiger partial charge < -0.3 is 4.74 Å². The summed E-state index contributed by atoms with van der Waals surface area (Å²) in [5.74, 6) is 0.690. The Labute approximate surface area is 122 Å². The van der Waals surface area contributed by atoms with Crippen LogP contribution in [0.1, 0.15) is 11.1 Å². The van der Waals surface area contributed by atoms with Crippen molar-refractivity contribution in [3.63, 3.8) is 0 Å². The molecule has 5 nitrogen and oxygen atoms in total. The van der Waals surface area contributed by atoms with E-state index in [-0.39, 0.29) is 10.6 Å². The van der Waals surface area contributed by atoms with Gasteiger partial charge in [-0.15, -0.1) is 0 Å². The van der Waals surface area contributed by atoms with Gasteiger partial charge in [-0.2, -0.15) is 5.26 Å². The van der Waals surface area contributed by atoms with Gasteiger partial charge in [0.05, 0.1) is 24.0 Å². The summed E-state index contributed by atoms with van der Waals surface area (Å²) in [6, 6.07) is 16.0. The van der Waals surface area contributed by atoms with Gasteiger partial charge in [0.1, 0.15) is 5.75 Å². The fourth-order valence-corrected chi connectivity index (χ4v) is 1.97. The van der Waals surface area contributed by atoms with Crippen LogP contribution in [-0.4, -0.2) is 11.5 Å². The molecule has 2 aromatic rings. The lowest BCUT2D eigenvalue weighted by Gasteiger charge is -2.07. The summed E-state index contributed by atoms with van der Waals surface area (Å²) in [6.07, 6.45) is 0.841. The minimum absolute atomic E-state index is 0.116. The predicted octanol–water partition coefficient (Wildman–Crippen LogP) is 3.28. The highest BCUT2D eigenvalue weighted by molar-refractivity contribution is 5.40. The summed E-state index contributed by atoms with van der Waals surface area (Å²) in [6.45, 7) is 0.364. The van der Waals surface area contributed by atoms with Crippen LogP contribution in [0.25, 0.3) is 0 Å². The summed E-state index contributed by atoms with van der Waals surface area (Å²) in [7, 11) is 0. The Kier molecular flexibility index (Phi) is 4.89. The van der Waals surface area contributed by atoms with Gasteiger partial charge in [-0.1, -0.05) is 30.3 Å². The maximum Gasteiger partial charge on any atom is 0.272 e. The van der Waals surface area contributed by atoms with Gasteiger partial charge in [-0.05, 0) is 17.7 Å². The zero-order valence-electron chi connectivity index (χ0n) is 11.4. The van der Waals surface area contributed by atoms with Crippen molar-refractivity contribution in [2.75, 3.05) is 6.61 Å². The third-order valence-corrected chi connectivity index (χ3v) is 3.03. The highest BCUT2D eigenvalue weighted by atomic mass is 16.6. The largest absolute Gasteiger partial charge is 0.493 e. The van der Waals surface area contributed by atoms with E-state index in [0.717, 1.165) is 5.56 Å². The molecule has 0 unspecified atom stereocenters. The van der Waals surface area contributed by atoms with Crippen LogP contribution in [0.4, 0.5) is 5.69 Å². The van der Waals surface area contributed by atoms with Crippen LogP contribution >= 0.6 is 0 Å². The first-order chi connectivity index (χ1) is 10.2. The van der Waals surface area contributed by atoms with Crippen molar-refractivity contribution in [1.29, 1.82) is 5.26 Å². The molecule has 0 radical (unpaired) electrons. The molecule has 0 bridgehead atoms. The normalized spacial score (nSPS) is 9.86. The monoisotopic (exact) mass is 282 g/mol. The van der Waals surface area contributed by atoms with E-state index >= 15 is 0 Å². The molecule has 0 spiro atoms. The molecule has 0 N–H and O–H groups in total. The molecule has 0 fully saturated rings. The topological polar surface area (TPSA) is 76.2 Å². The van der Waals surface area contributed by atoms with Crippen LogP contribution in [0.5, 0.6) is 5.75 Å². The fraction of sp³-hybridized carbons (Fsp3) is 0.188. The van der Waals surface area contributed by atoms with Crippen LogP contribution in [-0.2, 0) is 12.8 Å². The smallest absolute Gasteiger partial charge is 0.272 e. The van der Waals surface area contributed by atoms with Gasteiger partial charge in [-0.25, -0.2) is 0 Å². The van der Waals surface area contributed by atoms with Gasteiger partial charge in [0.15, 0.2) is 0 Å². The number of rotatable bonds is 6. The molecule has 0 aliphatic carbocycles. The first-order valence-corrected chi connectivity index (χ1v) is 6.51. The van der Waals surface area contributed by atoms with Crippen molar-refractivity contribution in [1.82, 2.24) is 0 Å². The summed E-state index contributed by atoms with van der Waals surface area (Å²) in [5, 5.41) is 19.5. The Hall–Kier alpha value is -2.87. The number of hydrogen-bond acceptors (Lipinski definition) is 4. The highest BCUT2D eigenvalue weighted by Gasteiger charge is 2.11. The Morgan fingerprint density at radius 2 is 1.86 bits per heavy atom. The number of nitrogens with zero attached hydrogens (tertiary/aromatic N) is 2. The van der Waals surface area contributed by atoms with E-state index in [1.165, 1.54) is 6.07 Å². The number of nitriles is 1. The maximum absolute atomic E-state index is 10.9. The fourth-order valence-electron chi connectivity index (χ4n) is 1.97. The van der Waals surface area contributed by atoms with Gasteiger partial charge in [0, 0.05) is 18.1 Å². The van der Waals surface area contributed by atoms with E-state index in [1.807, 2.05) is 12.1 Å².